The van der Waals surface area contributed by atoms with Crippen LogP contribution in [0.25, 0.3) is 0 Å². The molecule has 1 aliphatic carbocycles. The van der Waals surface area contributed by atoms with Crippen LogP contribution in [0.15, 0.2) is 42.5 Å². The summed E-state index contributed by atoms with van der Waals surface area (Å²) in [5.41, 5.74) is 4.61. The predicted molar refractivity (Wildman–Crippen MR) is 84.7 cm³/mol. The summed E-state index contributed by atoms with van der Waals surface area (Å²) in [4.78, 5) is 0. The second-order valence-electron chi connectivity index (χ2n) is 6.04. The van der Waals surface area contributed by atoms with Crippen LogP contribution in [0.5, 0.6) is 5.75 Å². The van der Waals surface area contributed by atoms with Gasteiger partial charge in [-0.3, -0.25) is 0 Å². The zero-order chi connectivity index (χ0) is 14.8. The molecule has 3 rings (SSSR count). The van der Waals surface area contributed by atoms with E-state index >= 15 is 0 Å². The second kappa shape index (κ2) is 5.90. The van der Waals surface area contributed by atoms with Crippen molar-refractivity contribution in [3.63, 3.8) is 0 Å². The van der Waals surface area contributed by atoms with Gasteiger partial charge in [-0.2, -0.15) is 0 Å². The van der Waals surface area contributed by atoms with Crippen molar-refractivity contribution in [2.45, 2.75) is 45.3 Å². The lowest BCUT2D eigenvalue weighted by Gasteiger charge is -2.14. The van der Waals surface area contributed by atoms with E-state index in [1.165, 1.54) is 16.7 Å². The standard InChI is InChI=1S/C19H22O2/c1-13-3-4-14(2)16(11-13)12-19(20)15-5-7-17(8-6-15)21-18-9-10-18/h3-8,11,18-20H,9-10,12H2,1-2H3. The van der Waals surface area contributed by atoms with Crippen LogP contribution in [0.2, 0.25) is 0 Å². The minimum Gasteiger partial charge on any atom is -0.490 e. The highest BCUT2D eigenvalue weighted by Gasteiger charge is 2.23. The van der Waals surface area contributed by atoms with Crippen molar-refractivity contribution in [2.75, 3.05) is 0 Å². The molecule has 0 bridgehead atoms. The van der Waals surface area contributed by atoms with Gasteiger partial charge in [0.15, 0.2) is 0 Å². The quantitative estimate of drug-likeness (QED) is 0.894. The van der Waals surface area contributed by atoms with Gasteiger partial charge >= 0.3 is 0 Å². The Morgan fingerprint density at radius 1 is 1.10 bits per heavy atom. The first-order valence-electron chi connectivity index (χ1n) is 7.62. The number of hydrogen-bond acceptors (Lipinski definition) is 2. The molecule has 0 radical (unpaired) electrons. The number of aryl methyl sites for hydroxylation is 2. The maximum absolute atomic E-state index is 10.4. The van der Waals surface area contributed by atoms with E-state index in [1.807, 2.05) is 24.3 Å². The molecule has 1 aliphatic rings. The minimum absolute atomic E-state index is 0.413. The molecule has 1 saturated carbocycles. The van der Waals surface area contributed by atoms with Gasteiger partial charge in [-0.25, -0.2) is 0 Å². The molecular weight excluding hydrogens is 260 g/mol. The Morgan fingerprint density at radius 2 is 1.81 bits per heavy atom. The SMILES string of the molecule is Cc1ccc(C)c(CC(O)c2ccc(OC3CC3)cc2)c1. The summed E-state index contributed by atoms with van der Waals surface area (Å²) < 4.78 is 5.73. The Bertz CT molecular complexity index is 612. The molecule has 2 nitrogen and oxygen atoms in total. The lowest BCUT2D eigenvalue weighted by Crippen LogP contribution is -2.04. The first-order chi connectivity index (χ1) is 10.1. The summed E-state index contributed by atoms with van der Waals surface area (Å²) in [5, 5.41) is 10.4. The lowest BCUT2D eigenvalue weighted by molar-refractivity contribution is 0.178. The summed E-state index contributed by atoms with van der Waals surface area (Å²) in [7, 11) is 0. The van der Waals surface area contributed by atoms with Gasteiger partial charge in [0, 0.05) is 6.42 Å². The van der Waals surface area contributed by atoms with E-state index in [2.05, 4.69) is 32.0 Å². The molecule has 2 aromatic rings. The average molecular weight is 282 g/mol. The van der Waals surface area contributed by atoms with Gasteiger partial charge < -0.3 is 9.84 Å². The third-order valence-corrected chi connectivity index (χ3v) is 4.01. The van der Waals surface area contributed by atoms with Gasteiger partial charge in [0.25, 0.3) is 0 Å². The van der Waals surface area contributed by atoms with E-state index in [1.54, 1.807) is 0 Å². The molecule has 110 valence electrons. The largest absolute Gasteiger partial charge is 0.490 e. The van der Waals surface area contributed by atoms with E-state index in [-0.39, 0.29) is 0 Å². The molecule has 0 aliphatic heterocycles. The zero-order valence-electron chi connectivity index (χ0n) is 12.7. The Balaban J connectivity index is 1.69. The van der Waals surface area contributed by atoms with Crippen LogP contribution in [0.1, 0.15) is 41.2 Å². The molecule has 0 saturated heterocycles. The van der Waals surface area contributed by atoms with E-state index < -0.39 is 6.10 Å². The van der Waals surface area contributed by atoms with Crippen molar-refractivity contribution in [2.24, 2.45) is 0 Å². The van der Waals surface area contributed by atoms with E-state index in [9.17, 15) is 5.11 Å². The Labute approximate surface area is 126 Å². The molecule has 0 heterocycles. The molecule has 1 atom stereocenters. The highest BCUT2D eigenvalue weighted by Crippen LogP contribution is 2.28. The van der Waals surface area contributed by atoms with Crippen LogP contribution >= 0.6 is 0 Å². The van der Waals surface area contributed by atoms with Crippen molar-refractivity contribution in [3.8, 4) is 5.75 Å². The molecule has 1 N–H and O–H groups in total. The monoisotopic (exact) mass is 282 g/mol. The molecule has 0 spiro atoms. The molecule has 21 heavy (non-hydrogen) atoms. The maximum Gasteiger partial charge on any atom is 0.119 e. The summed E-state index contributed by atoms with van der Waals surface area (Å²) in [5.74, 6) is 0.903. The lowest BCUT2D eigenvalue weighted by atomic mass is 9.97. The number of rotatable bonds is 5. The Morgan fingerprint density at radius 3 is 2.48 bits per heavy atom. The number of hydrogen-bond donors (Lipinski definition) is 1. The normalized spacial score (nSPS) is 15.8. The van der Waals surface area contributed by atoms with E-state index in [0.717, 1.165) is 24.2 Å². The van der Waals surface area contributed by atoms with Gasteiger partial charge in [-0.05, 0) is 55.5 Å². The average Bonchev–Trinajstić information content (AvgIpc) is 3.27. The Hall–Kier alpha value is -1.80. The second-order valence-corrected chi connectivity index (χ2v) is 6.04. The van der Waals surface area contributed by atoms with Crippen molar-refractivity contribution in [1.82, 2.24) is 0 Å². The van der Waals surface area contributed by atoms with Crippen LogP contribution in [0, 0.1) is 13.8 Å². The highest BCUT2D eigenvalue weighted by atomic mass is 16.5. The van der Waals surface area contributed by atoms with Gasteiger partial charge in [0.1, 0.15) is 5.75 Å². The van der Waals surface area contributed by atoms with Crippen molar-refractivity contribution in [1.29, 1.82) is 0 Å². The van der Waals surface area contributed by atoms with Crippen LogP contribution in [-0.4, -0.2) is 11.2 Å². The predicted octanol–water partition coefficient (Wildman–Crippen LogP) is 4.12. The summed E-state index contributed by atoms with van der Waals surface area (Å²) in [6.45, 7) is 4.17. The fourth-order valence-corrected chi connectivity index (χ4v) is 2.49. The Kier molecular flexibility index (Phi) is 3.98. The highest BCUT2D eigenvalue weighted by molar-refractivity contribution is 5.34. The third-order valence-electron chi connectivity index (χ3n) is 4.01. The van der Waals surface area contributed by atoms with Crippen LogP contribution in [0.3, 0.4) is 0 Å². The summed E-state index contributed by atoms with van der Waals surface area (Å²) in [6.07, 6.45) is 2.92. The fraction of sp³-hybridized carbons (Fsp3) is 0.368. The molecule has 0 aromatic heterocycles. The van der Waals surface area contributed by atoms with Gasteiger partial charge in [-0.15, -0.1) is 0 Å². The number of aliphatic hydroxyl groups excluding tert-OH is 1. The third kappa shape index (κ3) is 3.64. The first kappa shape index (κ1) is 14.2. The van der Waals surface area contributed by atoms with Crippen LogP contribution in [-0.2, 0) is 6.42 Å². The summed E-state index contributed by atoms with van der Waals surface area (Å²) >= 11 is 0. The zero-order valence-corrected chi connectivity index (χ0v) is 12.7. The molecule has 1 unspecified atom stereocenters. The van der Waals surface area contributed by atoms with E-state index in [4.69, 9.17) is 4.74 Å². The molecular formula is C19H22O2. The smallest absolute Gasteiger partial charge is 0.119 e. The molecule has 2 heteroatoms. The van der Waals surface area contributed by atoms with Crippen molar-refractivity contribution >= 4 is 0 Å². The number of benzene rings is 2. The maximum atomic E-state index is 10.4. The van der Waals surface area contributed by atoms with Gasteiger partial charge in [-0.1, -0.05) is 35.9 Å². The van der Waals surface area contributed by atoms with Gasteiger partial charge in [0.2, 0.25) is 0 Å². The molecule has 0 amide bonds. The number of aliphatic hydroxyl groups is 1. The minimum atomic E-state index is -0.472. The summed E-state index contributed by atoms with van der Waals surface area (Å²) in [6, 6.07) is 14.2. The topological polar surface area (TPSA) is 29.5 Å². The van der Waals surface area contributed by atoms with Crippen LogP contribution < -0.4 is 4.74 Å². The van der Waals surface area contributed by atoms with Crippen molar-refractivity contribution in [3.05, 3.63) is 64.7 Å². The van der Waals surface area contributed by atoms with Crippen molar-refractivity contribution < 1.29 is 9.84 Å². The van der Waals surface area contributed by atoms with Crippen LogP contribution in [0.4, 0.5) is 0 Å². The van der Waals surface area contributed by atoms with E-state index in [0.29, 0.717) is 12.5 Å². The molecule has 1 fully saturated rings. The van der Waals surface area contributed by atoms with Gasteiger partial charge in [0.05, 0.1) is 12.2 Å². The first-order valence-corrected chi connectivity index (χ1v) is 7.62. The molecule has 2 aromatic carbocycles. The number of ether oxygens (including phenoxy) is 1. The fourth-order valence-electron chi connectivity index (χ4n) is 2.49.